The molecular weight excluding hydrogens is 301 g/mol. The Hall–Kier alpha value is -2.32. The van der Waals surface area contributed by atoms with E-state index in [-0.39, 0.29) is 24.8 Å². The molecule has 0 atom stereocenters. The maximum absolute atomic E-state index is 13.2. The lowest BCUT2D eigenvalue weighted by Crippen LogP contribution is -2.49. The number of hydrogen-bond donors (Lipinski definition) is 1. The fourth-order valence-electron chi connectivity index (χ4n) is 2.55. The molecule has 3 rings (SSSR count). The Labute approximate surface area is 132 Å². The molecule has 2 aromatic rings. The van der Waals surface area contributed by atoms with Crippen molar-refractivity contribution in [3.63, 3.8) is 0 Å². The monoisotopic (exact) mass is 319 g/mol. The first-order valence-electron chi connectivity index (χ1n) is 7.40. The van der Waals surface area contributed by atoms with Crippen LogP contribution in [0.3, 0.4) is 0 Å². The van der Waals surface area contributed by atoms with Crippen molar-refractivity contribution in [2.75, 3.05) is 19.6 Å². The van der Waals surface area contributed by atoms with Gasteiger partial charge in [-0.15, -0.1) is 0 Å². The van der Waals surface area contributed by atoms with Crippen molar-refractivity contribution in [1.82, 2.24) is 19.9 Å². The number of benzene rings is 1. The maximum Gasteiger partial charge on any atom is 0.240 e. The first kappa shape index (κ1) is 15.6. The average Bonchev–Trinajstić information content (AvgIpc) is 2.98. The number of amides is 1. The number of carbonyl (C=O) groups excluding carboxylic acids is 1. The number of carbonyl (C=O) groups is 1. The van der Waals surface area contributed by atoms with E-state index < -0.39 is 0 Å². The van der Waals surface area contributed by atoms with Gasteiger partial charge in [0.05, 0.1) is 19.6 Å². The zero-order chi connectivity index (χ0) is 16.2. The summed E-state index contributed by atoms with van der Waals surface area (Å²) in [5.41, 5.74) is 6.21. The minimum Gasteiger partial charge on any atom is -0.338 e. The Kier molecular flexibility index (Phi) is 4.63. The Bertz CT molecular complexity index is 690. The van der Waals surface area contributed by atoms with E-state index in [1.165, 1.54) is 12.1 Å². The van der Waals surface area contributed by atoms with Gasteiger partial charge in [0, 0.05) is 19.6 Å². The van der Waals surface area contributed by atoms with E-state index in [0.717, 1.165) is 5.56 Å². The summed E-state index contributed by atoms with van der Waals surface area (Å²) in [6.45, 7) is 2.63. The molecule has 1 amide bonds. The standard InChI is InChI=1S/C15H18FN5O2/c16-12-3-1-2-11(6-12)8-21-5-4-20(10-15(21)22)9-13-18-14(7-17)23-19-13/h1-3,6H,4-5,7-10,17H2. The van der Waals surface area contributed by atoms with E-state index in [1.807, 2.05) is 11.0 Å². The second-order valence-electron chi connectivity index (χ2n) is 5.46. The van der Waals surface area contributed by atoms with E-state index in [9.17, 15) is 9.18 Å². The van der Waals surface area contributed by atoms with Crippen molar-refractivity contribution < 1.29 is 13.7 Å². The third-order valence-corrected chi connectivity index (χ3v) is 3.71. The summed E-state index contributed by atoms with van der Waals surface area (Å²) in [4.78, 5) is 20.1. The van der Waals surface area contributed by atoms with E-state index in [2.05, 4.69) is 10.1 Å². The number of halogens is 1. The van der Waals surface area contributed by atoms with Crippen LogP contribution in [0.25, 0.3) is 0 Å². The van der Waals surface area contributed by atoms with Crippen LogP contribution in [0.1, 0.15) is 17.3 Å². The van der Waals surface area contributed by atoms with Gasteiger partial charge in [-0.2, -0.15) is 4.98 Å². The molecule has 2 N–H and O–H groups in total. The van der Waals surface area contributed by atoms with Crippen LogP contribution in [0.15, 0.2) is 28.8 Å². The molecule has 2 heterocycles. The second-order valence-corrected chi connectivity index (χ2v) is 5.46. The van der Waals surface area contributed by atoms with Gasteiger partial charge < -0.3 is 15.2 Å². The van der Waals surface area contributed by atoms with Crippen molar-refractivity contribution in [1.29, 1.82) is 0 Å². The zero-order valence-electron chi connectivity index (χ0n) is 12.6. The fourth-order valence-corrected chi connectivity index (χ4v) is 2.55. The van der Waals surface area contributed by atoms with Crippen LogP contribution in [-0.2, 0) is 24.4 Å². The Morgan fingerprint density at radius 1 is 1.30 bits per heavy atom. The first-order chi connectivity index (χ1) is 11.1. The molecule has 1 fully saturated rings. The van der Waals surface area contributed by atoms with Gasteiger partial charge in [-0.3, -0.25) is 9.69 Å². The lowest BCUT2D eigenvalue weighted by atomic mass is 10.2. The van der Waals surface area contributed by atoms with E-state index in [4.69, 9.17) is 10.3 Å². The molecule has 7 nitrogen and oxygen atoms in total. The molecule has 0 spiro atoms. The third kappa shape index (κ3) is 3.91. The number of piperazine rings is 1. The van der Waals surface area contributed by atoms with Crippen LogP contribution in [0.4, 0.5) is 4.39 Å². The molecule has 0 bridgehead atoms. The SMILES string of the molecule is NCc1nc(CN2CCN(Cc3cccc(F)c3)C(=O)C2)no1. The molecule has 0 saturated carbocycles. The molecule has 0 radical (unpaired) electrons. The number of rotatable bonds is 5. The third-order valence-electron chi connectivity index (χ3n) is 3.71. The zero-order valence-corrected chi connectivity index (χ0v) is 12.6. The summed E-state index contributed by atoms with van der Waals surface area (Å²) in [5.74, 6) is 0.623. The number of aromatic nitrogens is 2. The molecule has 8 heteroatoms. The van der Waals surface area contributed by atoms with Gasteiger partial charge in [-0.05, 0) is 17.7 Å². The maximum atomic E-state index is 13.2. The van der Waals surface area contributed by atoms with E-state index in [0.29, 0.717) is 37.9 Å². The highest BCUT2D eigenvalue weighted by Gasteiger charge is 2.25. The minimum atomic E-state index is -0.290. The van der Waals surface area contributed by atoms with Gasteiger partial charge in [-0.1, -0.05) is 17.3 Å². The Morgan fingerprint density at radius 3 is 2.87 bits per heavy atom. The van der Waals surface area contributed by atoms with Crippen molar-refractivity contribution >= 4 is 5.91 Å². The van der Waals surface area contributed by atoms with Crippen LogP contribution in [0.2, 0.25) is 0 Å². The fraction of sp³-hybridized carbons (Fsp3) is 0.400. The molecule has 0 aliphatic carbocycles. The van der Waals surface area contributed by atoms with Crippen molar-refractivity contribution in [2.45, 2.75) is 19.6 Å². The number of nitrogens with zero attached hydrogens (tertiary/aromatic N) is 4. The van der Waals surface area contributed by atoms with Gasteiger partial charge in [0.2, 0.25) is 11.8 Å². The number of hydrogen-bond acceptors (Lipinski definition) is 6. The molecule has 1 aliphatic heterocycles. The highest BCUT2D eigenvalue weighted by atomic mass is 19.1. The quantitative estimate of drug-likeness (QED) is 0.864. The summed E-state index contributed by atoms with van der Waals surface area (Å²) in [7, 11) is 0. The van der Waals surface area contributed by atoms with Crippen LogP contribution in [-0.4, -0.2) is 45.5 Å². The largest absolute Gasteiger partial charge is 0.338 e. The summed E-state index contributed by atoms with van der Waals surface area (Å²) >= 11 is 0. The molecule has 0 unspecified atom stereocenters. The van der Waals surface area contributed by atoms with Crippen molar-refractivity contribution in [3.05, 3.63) is 47.4 Å². The van der Waals surface area contributed by atoms with Crippen LogP contribution in [0.5, 0.6) is 0 Å². The molecule has 1 aromatic carbocycles. The van der Waals surface area contributed by atoms with Crippen molar-refractivity contribution in [3.8, 4) is 0 Å². The predicted molar refractivity (Wildman–Crippen MR) is 79.3 cm³/mol. The highest BCUT2D eigenvalue weighted by molar-refractivity contribution is 5.79. The lowest BCUT2D eigenvalue weighted by Gasteiger charge is -2.33. The smallest absolute Gasteiger partial charge is 0.240 e. The predicted octanol–water partition coefficient (Wildman–Crippen LogP) is 0.512. The van der Waals surface area contributed by atoms with Gasteiger partial charge in [0.25, 0.3) is 0 Å². The average molecular weight is 319 g/mol. The molecule has 23 heavy (non-hydrogen) atoms. The molecule has 1 aliphatic rings. The topological polar surface area (TPSA) is 88.5 Å². The summed E-state index contributed by atoms with van der Waals surface area (Å²) in [5, 5.41) is 3.83. The Balaban J connectivity index is 1.55. The van der Waals surface area contributed by atoms with Crippen LogP contribution in [0, 0.1) is 5.82 Å². The normalized spacial score (nSPS) is 16.1. The summed E-state index contributed by atoms with van der Waals surface area (Å²) in [6, 6.07) is 6.31. The van der Waals surface area contributed by atoms with Gasteiger partial charge in [-0.25, -0.2) is 4.39 Å². The minimum absolute atomic E-state index is 0.00283. The molecule has 122 valence electrons. The second kappa shape index (κ2) is 6.84. The first-order valence-corrected chi connectivity index (χ1v) is 7.40. The highest BCUT2D eigenvalue weighted by Crippen LogP contribution is 2.12. The van der Waals surface area contributed by atoms with Crippen molar-refractivity contribution in [2.24, 2.45) is 5.73 Å². The number of nitrogens with two attached hydrogens (primary N) is 1. The van der Waals surface area contributed by atoms with Gasteiger partial charge in [0.15, 0.2) is 5.82 Å². The van der Waals surface area contributed by atoms with E-state index in [1.54, 1.807) is 11.0 Å². The van der Waals surface area contributed by atoms with Gasteiger partial charge >= 0.3 is 0 Å². The Morgan fingerprint density at radius 2 is 2.17 bits per heavy atom. The van der Waals surface area contributed by atoms with Crippen LogP contribution >= 0.6 is 0 Å². The van der Waals surface area contributed by atoms with Crippen LogP contribution < -0.4 is 5.73 Å². The molecular formula is C15H18FN5O2. The summed E-state index contributed by atoms with van der Waals surface area (Å²) in [6.07, 6.45) is 0. The molecule has 1 aromatic heterocycles. The summed E-state index contributed by atoms with van der Waals surface area (Å²) < 4.78 is 18.2. The van der Waals surface area contributed by atoms with Gasteiger partial charge in [0.1, 0.15) is 5.82 Å². The van der Waals surface area contributed by atoms with E-state index >= 15 is 0 Å². The lowest BCUT2D eigenvalue weighted by molar-refractivity contribution is -0.136. The molecule has 1 saturated heterocycles.